The summed E-state index contributed by atoms with van der Waals surface area (Å²) in [6, 6.07) is 15.1. The SMILES string of the molecule is CCC(C)CC(=O)N1[C@@H](C)CC[C@H]1c1ncc(-c2ccc3c(c2)COc2cc4c(ccc5nc([C@@H]6CC[C@H](C)N6C(=O)[C@@H](NC)C6CC(C)O[C@H](C)C6)[nH]c54)cc2-3)[nH]1. The Balaban J connectivity index is 0.969. The first kappa shape index (κ1) is 38.8. The zero-order valence-electron chi connectivity index (χ0n) is 35.1. The average Bonchev–Trinajstić information content (AvgIpc) is 4.02. The van der Waals surface area contributed by atoms with Crippen LogP contribution in [0.25, 0.3) is 44.2 Å². The summed E-state index contributed by atoms with van der Waals surface area (Å²) in [4.78, 5) is 49.1. The van der Waals surface area contributed by atoms with Crippen LogP contribution >= 0.6 is 0 Å². The first-order chi connectivity index (χ1) is 28.0. The van der Waals surface area contributed by atoms with E-state index in [1.54, 1.807) is 0 Å². The van der Waals surface area contributed by atoms with E-state index in [2.05, 4.69) is 109 Å². The number of likely N-dealkylation sites (tertiary alicyclic amines) is 2. The van der Waals surface area contributed by atoms with Crippen molar-refractivity contribution in [1.29, 1.82) is 0 Å². The highest BCUT2D eigenvalue weighted by Gasteiger charge is 2.43. The first-order valence-corrected chi connectivity index (χ1v) is 21.7. The number of aromatic nitrogens is 4. The lowest BCUT2D eigenvalue weighted by Gasteiger charge is -2.39. The van der Waals surface area contributed by atoms with Gasteiger partial charge in [-0.3, -0.25) is 9.59 Å². The van der Waals surface area contributed by atoms with Gasteiger partial charge in [-0.1, -0.05) is 38.5 Å². The van der Waals surface area contributed by atoms with Crippen LogP contribution in [0.3, 0.4) is 0 Å². The number of carbonyl (C=O) groups excluding carboxylic acids is 2. The Kier molecular flexibility index (Phi) is 10.3. The van der Waals surface area contributed by atoms with Gasteiger partial charge >= 0.3 is 0 Å². The molecule has 306 valence electrons. The number of nitrogens with one attached hydrogen (secondary N) is 3. The van der Waals surface area contributed by atoms with Crippen molar-refractivity contribution in [3.05, 3.63) is 65.9 Å². The molecule has 0 bridgehead atoms. The Hall–Kier alpha value is -4.74. The third-order valence-electron chi connectivity index (χ3n) is 13.8. The van der Waals surface area contributed by atoms with Gasteiger partial charge in [-0.2, -0.15) is 0 Å². The lowest BCUT2D eigenvalue weighted by molar-refractivity contribution is -0.140. The summed E-state index contributed by atoms with van der Waals surface area (Å²) < 4.78 is 12.5. The summed E-state index contributed by atoms with van der Waals surface area (Å²) in [7, 11) is 1.91. The minimum Gasteiger partial charge on any atom is -0.488 e. The maximum absolute atomic E-state index is 14.4. The molecule has 4 aliphatic rings. The van der Waals surface area contributed by atoms with Crippen LogP contribution in [0.5, 0.6) is 5.75 Å². The van der Waals surface area contributed by atoms with E-state index in [9.17, 15) is 9.59 Å². The Morgan fingerprint density at radius 2 is 1.64 bits per heavy atom. The van der Waals surface area contributed by atoms with Gasteiger partial charge in [-0.25, -0.2) is 9.97 Å². The molecule has 2 aromatic heterocycles. The van der Waals surface area contributed by atoms with Crippen LogP contribution in [0.2, 0.25) is 0 Å². The lowest BCUT2D eigenvalue weighted by atomic mass is 9.85. The second-order valence-electron chi connectivity index (χ2n) is 17.9. The molecule has 9 atom stereocenters. The van der Waals surface area contributed by atoms with E-state index in [-0.39, 0.29) is 60.1 Å². The minimum atomic E-state index is -0.260. The van der Waals surface area contributed by atoms with Crippen molar-refractivity contribution >= 4 is 33.6 Å². The molecule has 0 saturated carbocycles. The molecule has 3 saturated heterocycles. The highest BCUT2D eigenvalue weighted by atomic mass is 16.5. The van der Waals surface area contributed by atoms with Gasteiger partial charge in [0.25, 0.3) is 0 Å². The molecular weight excluding hydrogens is 727 g/mol. The molecule has 3 N–H and O–H groups in total. The number of imidazole rings is 2. The van der Waals surface area contributed by atoms with Crippen LogP contribution in [0.1, 0.15) is 122 Å². The molecule has 5 aromatic rings. The van der Waals surface area contributed by atoms with E-state index >= 15 is 0 Å². The highest BCUT2D eigenvalue weighted by Crippen LogP contribution is 2.44. The number of benzene rings is 3. The molecule has 4 aliphatic heterocycles. The Bertz CT molecular complexity index is 2340. The maximum Gasteiger partial charge on any atom is 0.240 e. The fourth-order valence-electron chi connectivity index (χ4n) is 10.6. The summed E-state index contributed by atoms with van der Waals surface area (Å²) in [5.74, 6) is 3.53. The maximum atomic E-state index is 14.4. The first-order valence-electron chi connectivity index (χ1n) is 21.7. The Morgan fingerprint density at radius 3 is 2.38 bits per heavy atom. The van der Waals surface area contributed by atoms with Gasteiger partial charge in [-0.15, -0.1) is 0 Å². The van der Waals surface area contributed by atoms with Crippen molar-refractivity contribution < 1.29 is 19.1 Å². The van der Waals surface area contributed by atoms with Crippen molar-refractivity contribution in [2.45, 2.75) is 142 Å². The van der Waals surface area contributed by atoms with Crippen molar-refractivity contribution in [1.82, 2.24) is 35.1 Å². The average molecular weight is 786 g/mol. The fourth-order valence-corrected chi connectivity index (χ4v) is 10.6. The molecular formula is C47H59N7O4. The van der Waals surface area contributed by atoms with Gasteiger partial charge in [0.2, 0.25) is 11.8 Å². The molecule has 0 radical (unpaired) electrons. The number of likely N-dealkylation sites (N-methyl/N-ethyl adjacent to an activating group) is 1. The smallest absolute Gasteiger partial charge is 0.240 e. The number of H-pyrrole nitrogens is 2. The predicted octanol–water partition coefficient (Wildman–Crippen LogP) is 9.00. The molecule has 9 rings (SSSR count). The number of nitrogens with zero attached hydrogens (tertiary/aromatic N) is 4. The molecule has 58 heavy (non-hydrogen) atoms. The molecule has 6 heterocycles. The summed E-state index contributed by atoms with van der Waals surface area (Å²) in [5, 5.41) is 5.55. The van der Waals surface area contributed by atoms with Gasteiger partial charge < -0.3 is 34.6 Å². The lowest BCUT2D eigenvalue weighted by Crippen LogP contribution is -2.53. The van der Waals surface area contributed by atoms with E-state index in [0.29, 0.717) is 18.9 Å². The molecule has 0 aliphatic carbocycles. The van der Waals surface area contributed by atoms with E-state index in [0.717, 1.165) is 112 Å². The van der Waals surface area contributed by atoms with Gasteiger partial charge in [-0.05, 0) is 131 Å². The number of carbonyl (C=O) groups is 2. The summed E-state index contributed by atoms with van der Waals surface area (Å²) in [5.41, 5.74) is 7.20. The van der Waals surface area contributed by atoms with E-state index in [1.807, 2.05) is 13.2 Å². The number of hydrogen-bond acceptors (Lipinski definition) is 7. The number of amides is 2. The normalized spacial score (nSPS) is 26.8. The molecule has 3 fully saturated rings. The van der Waals surface area contributed by atoms with Gasteiger partial charge in [0.1, 0.15) is 24.0 Å². The van der Waals surface area contributed by atoms with Crippen molar-refractivity contribution in [2.24, 2.45) is 11.8 Å². The van der Waals surface area contributed by atoms with Crippen LogP contribution in [0, 0.1) is 11.8 Å². The summed E-state index contributed by atoms with van der Waals surface area (Å²) >= 11 is 0. The zero-order valence-corrected chi connectivity index (χ0v) is 35.1. The number of hydrogen-bond donors (Lipinski definition) is 3. The predicted molar refractivity (Wildman–Crippen MR) is 227 cm³/mol. The summed E-state index contributed by atoms with van der Waals surface area (Å²) in [6.45, 7) is 13.3. The van der Waals surface area contributed by atoms with Crippen molar-refractivity contribution in [3.63, 3.8) is 0 Å². The molecule has 2 amide bonds. The van der Waals surface area contributed by atoms with E-state index in [1.165, 1.54) is 0 Å². The van der Waals surface area contributed by atoms with Crippen LogP contribution in [0.15, 0.2) is 48.7 Å². The second-order valence-corrected chi connectivity index (χ2v) is 17.9. The third kappa shape index (κ3) is 6.87. The molecule has 11 nitrogen and oxygen atoms in total. The van der Waals surface area contributed by atoms with Crippen LogP contribution in [0.4, 0.5) is 0 Å². The number of ether oxygens (including phenoxy) is 2. The fraction of sp³-hybridized carbons (Fsp3) is 0.532. The van der Waals surface area contributed by atoms with Crippen molar-refractivity contribution in [3.8, 4) is 28.1 Å². The largest absolute Gasteiger partial charge is 0.488 e. The summed E-state index contributed by atoms with van der Waals surface area (Å²) in [6.07, 6.45) is 9.21. The van der Waals surface area contributed by atoms with Crippen LogP contribution < -0.4 is 10.1 Å². The topological polar surface area (TPSA) is 128 Å². The van der Waals surface area contributed by atoms with Crippen LogP contribution in [-0.2, 0) is 20.9 Å². The van der Waals surface area contributed by atoms with Crippen LogP contribution in [-0.4, -0.2) is 78.9 Å². The number of rotatable bonds is 9. The third-order valence-corrected chi connectivity index (χ3v) is 13.8. The molecule has 3 aromatic carbocycles. The van der Waals surface area contributed by atoms with Gasteiger partial charge in [0, 0.05) is 29.5 Å². The van der Waals surface area contributed by atoms with Crippen molar-refractivity contribution in [2.75, 3.05) is 7.05 Å². The zero-order chi connectivity index (χ0) is 40.4. The molecule has 0 spiro atoms. The minimum absolute atomic E-state index is 0.0251. The second kappa shape index (κ2) is 15.5. The monoisotopic (exact) mass is 785 g/mol. The number of fused-ring (bicyclic) bond motifs is 6. The number of aromatic amines is 2. The molecule has 11 heteroatoms. The van der Waals surface area contributed by atoms with Gasteiger partial charge in [0.15, 0.2) is 0 Å². The highest BCUT2D eigenvalue weighted by molar-refractivity contribution is 6.07. The van der Waals surface area contributed by atoms with E-state index < -0.39 is 0 Å². The van der Waals surface area contributed by atoms with E-state index in [4.69, 9.17) is 19.4 Å². The Labute approximate surface area is 341 Å². The van der Waals surface area contributed by atoms with Gasteiger partial charge in [0.05, 0.1) is 53.3 Å². The standard InChI is InChI=1S/C47H59N7O4/c1-8-25(2)17-42(55)53-26(3)9-15-39(53)45-49-23-38(51-45)31-11-13-34-33(20-31)24-57-41-22-35-30(21-36(34)41)12-14-37-44(35)52-46(50-37)40-16-10-27(4)54(40)47(56)43(48-7)32-18-28(5)58-29(6)19-32/h11-14,20-23,25-29,32,39-40,43,48H,8-10,15-19,24H2,1-7H3,(H,49,51)(H,50,52)/t25?,26-,27-,28+,29?,32?,39-,40-,43-/m0/s1. The Morgan fingerprint density at radius 1 is 0.897 bits per heavy atom. The molecule has 3 unspecified atom stereocenters. The quantitative estimate of drug-likeness (QED) is 0.136.